The third-order valence-electron chi connectivity index (χ3n) is 2.27. The maximum atomic E-state index is 12.1. The Morgan fingerprint density at radius 3 is 2.35 bits per heavy atom. The third-order valence-corrected chi connectivity index (χ3v) is 3.84. The normalized spacial score (nSPS) is 11.4. The Hall–Kier alpha value is -1.95. The molecule has 88 valence electrons. The lowest BCUT2D eigenvalue weighted by molar-refractivity contribution is 0.111. The fourth-order valence-electron chi connectivity index (χ4n) is 1.34. The van der Waals surface area contributed by atoms with Crippen LogP contribution in [-0.4, -0.2) is 23.9 Å². The molecule has 6 heteroatoms. The first kappa shape index (κ1) is 11.5. The van der Waals surface area contributed by atoms with E-state index >= 15 is 0 Å². The monoisotopic (exact) mass is 250 g/mol. The van der Waals surface area contributed by atoms with Crippen molar-refractivity contribution in [3.05, 3.63) is 47.8 Å². The van der Waals surface area contributed by atoms with Gasteiger partial charge in [-0.25, -0.2) is 0 Å². The summed E-state index contributed by atoms with van der Waals surface area (Å²) in [7, 11) is -3.70. The molecule has 0 amide bonds. The minimum atomic E-state index is -3.70. The zero-order valence-corrected chi connectivity index (χ0v) is 9.89. The molecule has 0 aliphatic rings. The zero-order chi connectivity index (χ0) is 12.5. The van der Waals surface area contributed by atoms with Gasteiger partial charge in [0, 0.05) is 6.20 Å². The highest BCUT2D eigenvalue weighted by atomic mass is 32.2. The highest BCUT2D eigenvalue weighted by molar-refractivity contribution is 7.89. The van der Waals surface area contributed by atoms with Gasteiger partial charge in [0.05, 0.1) is 4.90 Å². The fourth-order valence-corrected chi connectivity index (χ4v) is 2.45. The van der Waals surface area contributed by atoms with Gasteiger partial charge < -0.3 is 0 Å². The fraction of sp³-hybridized carbons (Fsp3) is 0.0909. The Morgan fingerprint density at radius 1 is 1.18 bits per heavy atom. The van der Waals surface area contributed by atoms with Crippen LogP contribution in [0.5, 0.6) is 0 Å². The molecule has 1 aromatic carbocycles. The number of nitrogens with zero attached hydrogens (tertiary/aromatic N) is 2. The Bertz CT molecular complexity index is 642. The molecule has 0 aliphatic carbocycles. The molecular formula is C11H10N2O3S. The number of aryl methyl sites for hydroxylation is 1. The minimum absolute atomic E-state index is 0.0840. The Kier molecular flexibility index (Phi) is 2.81. The predicted octanol–water partition coefficient (Wildman–Crippen LogP) is 1.24. The Morgan fingerprint density at radius 2 is 1.82 bits per heavy atom. The van der Waals surface area contributed by atoms with Crippen LogP contribution in [0.2, 0.25) is 0 Å². The van der Waals surface area contributed by atoms with E-state index in [0.717, 1.165) is 9.65 Å². The van der Waals surface area contributed by atoms with Crippen LogP contribution in [0, 0.1) is 6.92 Å². The van der Waals surface area contributed by atoms with E-state index in [9.17, 15) is 13.2 Å². The van der Waals surface area contributed by atoms with Gasteiger partial charge in [-0.15, -0.1) is 0 Å². The number of benzene rings is 1. The molecule has 2 aromatic rings. The van der Waals surface area contributed by atoms with E-state index in [4.69, 9.17) is 0 Å². The Balaban J connectivity index is 2.49. The number of aromatic nitrogens is 2. The maximum absolute atomic E-state index is 12.1. The molecule has 0 fully saturated rings. The smallest absolute Gasteiger partial charge is 0.282 e. The summed E-state index contributed by atoms with van der Waals surface area (Å²) in [6, 6.07) is 7.77. The van der Waals surface area contributed by atoms with Gasteiger partial charge >= 0.3 is 0 Å². The molecule has 0 spiro atoms. The molecule has 17 heavy (non-hydrogen) atoms. The number of carbonyl (C=O) groups is 1. The first-order valence-electron chi connectivity index (χ1n) is 4.87. The summed E-state index contributed by atoms with van der Waals surface area (Å²) in [5.74, 6) is 0. The first-order chi connectivity index (χ1) is 8.04. The van der Waals surface area contributed by atoms with Gasteiger partial charge in [0.25, 0.3) is 10.0 Å². The molecule has 0 saturated heterocycles. The summed E-state index contributed by atoms with van der Waals surface area (Å²) < 4.78 is 24.9. The van der Waals surface area contributed by atoms with Crippen molar-refractivity contribution in [2.75, 3.05) is 0 Å². The topological polar surface area (TPSA) is 69.0 Å². The van der Waals surface area contributed by atoms with Crippen molar-refractivity contribution in [2.24, 2.45) is 0 Å². The van der Waals surface area contributed by atoms with Crippen LogP contribution >= 0.6 is 0 Å². The molecule has 0 unspecified atom stereocenters. The lowest BCUT2D eigenvalue weighted by Gasteiger charge is -2.04. The molecule has 1 heterocycles. The highest BCUT2D eigenvalue weighted by Gasteiger charge is 2.17. The summed E-state index contributed by atoms with van der Waals surface area (Å²) in [5.41, 5.74) is 1.05. The predicted molar refractivity (Wildman–Crippen MR) is 61.4 cm³/mol. The third kappa shape index (κ3) is 2.12. The standard InChI is InChI=1S/C11H10N2O3S/c1-9-2-4-11(5-3-9)17(15,16)13-7-6-10(8-14)12-13/h2-8H,1H3. The van der Waals surface area contributed by atoms with Crippen molar-refractivity contribution >= 4 is 16.3 Å². The van der Waals surface area contributed by atoms with Crippen LogP contribution in [0.15, 0.2) is 41.4 Å². The zero-order valence-electron chi connectivity index (χ0n) is 9.07. The minimum Gasteiger partial charge on any atom is -0.296 e. The van der Waals surface area contributed by atoms with Gasteiger partial charge in [-0.05, 0) is 25.1 Å². The van der Waals surface area contributed by atoms with Gasteiger partial charge in [0.15, 0.2) is 6.29 Å². The molecule has 0 saturated carbocycles. The average molecular weight is 250 g/mol. The van der Waals surface area contributed by atoms with Crippen LogP contribution in [0.4, 0.5) is 0 Å². The van der Waals surface area contributed by atoms with E-state index in [1.807, 2.05) is 6.92 Å². The number of carbonyl (C=O) groups excluding carboxylic acids is 1. The molecule has 5 nitrogen and oxygen atoms in total. The number of rotatable bonds is 3. The van der Waals surface area contributed by atoms with Gasteiger partial charge in [-0.3, -0.25) is 4.79 Å². The van der Waals surface area contributed by atoms with E-state index in [1.54, 1.807) is 12.1 Å². The molecule has 0 radical (unpaired) electrons. The molecule has 0 aliphatic heterocycles. The van der Waals surface area contributed by atoms with Gasteiger partial charge in [0.1, 0.15) is 5.69 Å². The van der Waals surface area contributed by atoms with Crippen LogP contribution < -0.4 is 0 Å². The largest absolute Gasteiger partial charge is 0.296 e. The molecule has 0 N–H and O–H groups in total. The summed E-state index contributed by atoms with van der Waals surface area (Å²) in [4.78, 5) is 10.6. The first-order valence-corrected chi connectivity index (χ1v) is 6.31. The van der Waals surface area contributed by atoms with Crippen molar-refractivity contribution < 1.29 is 13.2 Å². The number of hydrogen-bond donors (Lipinski definition) is 0. The molecule has 1 aromatic heterocycles. The summed E-state index contributed by atoms with van der Waals surface area (Å²) in [5, 5.41) is 3.66. The van der Waals surface area contributed by atoms with Gasteiger partial charge in [-0.2, -0.15) is 17.6 Å². The second kappa shape index (κ2) is 4.14. The van der Waals surface area contributed by atoms with Gasteiger partial charge in [0.2, 0.25) is 0 Å². The van der Waals surface area contributed by atoms with E-state index in [1.165, 1.54) is 24.4 Å². The maximum Gasteiger partial charge on any atom is 0.282 e. The van der Waals surface area contributed by atoms with E-state index in [2.05, 4.69) is 5.10 Å². The molecular weight excluding hydrogens is 240 g/mol. The van der Waals surface area contributed by atoms with Crippen molar-refractivity contribution in [3.8, 4) is 0 Å². The lowest BCUT2D eigenvalue weighted by Crippen LogP contribution is -2.13. The van der Waals surface area contributed by atoms with Crippen LogP contribution in [0.25, 0.3) is 0 Å². The summed E-state index contributed by atoms with van der Waals surface area (Å²) in [6.45, 7) is 1.87. The molecule has 0 bridgehead atoms. The second-order valence-electron chi connectivity index (χ2n) is 3.55. The number of aldehydes is 1. The SMILES string of the molecule is Cc1ccc(S(=O)(=O)n2ccc(C=O)n2)cc1. The lowest BCUT2D eigenvalue weighted by atomic mass is 10.2. The van der Waals surface area contributed by atoms with Crippen molar-refractivity contribution in [3.63, 3.8) is 0 Å². The second-order valence-corrected chi connectivity index (χ2v) is 5.34. The van der Waals surface area contributed by atoms with Crippen molar-refractivity contribution in [2.45, 2.75) is 11.8 Å². The quantitative estimate of drug-likeness (QED) is 0.768. The highest BCUT2D eigenvalue weighted by Crippen LogP contribution is 2.13. The number of hydrogen-bond acceptors (Lipinski definition) is 4. The Labute approximate surface area is 98.7 Å². The van der Waals surface area contributed by atoms with E-state index in [-0.39, 0.29) is 10.6 Å². The van der Waals surface area contributed by atoms with Crippen LogP contribution in [-0.2, 0) is 10.0 Å². The summed E-state index contributed by atoms with van der Waals surface area (Å²) >= 11 is 0. The molecule has 0 atom stereocenters. The van der Waals surface area contributed by atoms with Crippen molar-refractivity contribution in [1.82, 2.24) is 9.19 Å². The van der Waals surface area contributed by atoms with Crippen LogP contribution in [0.3, 0.4) is 0 Å². The van der Waals surface area contributed by atoms with Crippen molar-refractivity contribution in [1.29, 1.82) is 0 Å². The summed E-state index contributed by atoms with van der Waals surface area (Å²) in [6.07, 6.45) is 1.75. The van der Waals surface area contributed by atoms with Gasteiger partial charge in [-0.1, -0.05) is 17.7 Å². The van der Waals surface area contributed by atoms with E-state index < -0.39 is 10.0 Å². The van der Waals surface area contributed by atoms with Crippen LogP contribution in [0.1, 0.15) is 16.1 Å². The molecule has 2 rings (SSSR count). The average Bonchev–Trinajstić information content (AvgIpc) is 2.78. The van der Waals surface area contributed by atoms with E-state index in [0.29, 0.717) is 6.29 Å².